The molecule has 1 aliphatic rings. The number of piperazine rings is 1. The fourth-order valence-corrected chi connectivity index (χ4v) is 4.88. The van der Waals surface area contributed by atoms with Crippen LogP contribution in [0.15, 0.2) is 41.1 Å². The maximum absolute atomic E-state index is 5.53. The Hall–Kier alpha value is -1.58. The van der Waals surface area contributed by atoms with E-state index in [0.717, 1.165) is 54.2 Å². The van der Waals surface area contributed by atoms with Gasteiger partial charge in [-0.3, -0.25) is 9.80 Å². The van der Waals surface area contributed by atoms with Crippen LogP contribution in [0.1, 0.15) is 11.1 Å². The summed E-state index contributed by atoms with van der Waals surface area (Å²) >= 11 is 8.82. The van der Waals surface area contributed by atoms with Crippen LogP contribution in [0.3, 0.4) is 0 Å². The summed E-state index contributed by atoms with van der Waals surface area (Å²) in [7, 11) is 0. The number of thiophene rings is 1. The van der Waals surface area contributed by atoms with Gasteiger partial charge in [-0.1, -0.05) is 23.5 Å². The lowest BCUT2D eigenvalue weighted by Crippen LogP contribution is -2.46. The standard InChI is InChI=1S/C19H23N5S3/c1-15-3-2-4-17(11-15)20-18-21-24(19(25)27-18)14-23-8-6-22(7-9-23)12-16-5-10-26-13-16/h2-5,10-11,13H,6-9,12,14H2,1H3,(H,20,21). The molecule has 0 bridgehead atoms. The first-order chi connectivity index (χ1) is 13.2. The van der Waals surface area contributed by atoms with Crippen molar-refractivity contribution in [3.05, 3.63) is 56.2 Å². The van der Waals surface area contributed by atoms with E-state index in [1.807, 2.05) is 10.7 Å². The summed E-state index contributed by atoms with van der Waals surface area (Å²) in [6.45, 7) is 8.16. The molecule has 0 aliphatic carbocycles. The fraction of sp³-hybridized carbons (Fsp3) is 0.368. The highest BCUT2D eigenvalue weighted by molar-refractivity contribution is 7.73. The van der Waals surface area contributed by atoms with E-state index in [1.54, 1.807) is 11.3 Å². The Morgan fingerprint density at radius 2 is 1.96 bits per heavy atom. The Labute approximate surface area is 172 Å². The van der Waals surface area contributed by atoms with Crippen LogP contribution in [-0.2, 0) is 13.2 Å². The number of nitrogens with zero attached hydrogens (tertiary/aromatic N) is 4. The highest BCUT2D eigenvalue weighted by Gasteiger charge is 2.18. The van der Waals surface area contributed by atoms with Crippen LogP contribution >= 0.6 is 34.9 Å². The van der Waals surface area contributed by atoms with E-state index in [0.29, 0.717) is 0 Å². The SMILES string of the molecule is Cc1cccc(Nc2nn(CN3CCN(Cc4ccsc4)CC3)c(=S)s2)c1. The van der Waals surface area contributed by atoms with Gasteiger partial charge in [0.05, 0.1) is 6.67 Å². The first-order valence-electron chi connectivity index (χ1n) is 9.03. The molecule has 3 heterocycles. The van der Waals surface area contributed by atoms with E-state index in [1.165, 1.54) is 22.5 Å². The normalized spacial score (nSPS) is 15.9. The molecule has 1 fully saturated rings. The van der Waals surface area contributed by atoms with Gasteiger partial charge < -0.3 is 5.32 Å². The van der Waals surface area contributed by atoms with E-state index in [2.05, 4.69) is 62.2 Å². The number of nitrogens with one attached hydrogen (secondary N) is 1. The molecule has 1 aromatic carbocycles. The predicted molar refractivity (Wildman–Crippen MR) is 117 cm³/mol. The minimum Gasteiger partial charge on any atom is -0.330 e. The lowest BCUT2D eigenvalue weighted by molar-refractivity contribution is 0.0986. The smallest absolute Gasteiger partial charge is 0.209 e. The van der Waals surface area contributed by atoms with Gasteiger partial charge in [-0.05, 0) is 59.2 Å². The topological polar surface area (TPSA) is 36.3 Å². The third kappa shape index (κ3) is 5.03. The molecule has 0 saturated carbocycles. The van der Waals surface area contributed by atoms with Crippen LogP contribution in [0.25, 0.3) is 0 Å². The van der Waals surface area contributed by atoms with Crippen molar-refractivity contribution in [3.8, 4) is 0 Å². The summed E-state index contributed by atoms with van der Waals surface area (Å²) in [5.41, 5.74) is 3.69. The first-order valence-corrected chi connectivity index (χ1v) is 11.2. The van der Waals surface area contributed by atoms with Gasteiger partial charge in [0.1, 0.15) is 0 Å². The number of hydrogen-bond acceptors (Lipinski definition) is 7. The van der Waals surface area contributed by atoms with Crippen molar-refractivity contribution >= 4 is 45.7 Å². The van der Waals surface area contributed by atoms with Gasteiger partial charge in [0.25, 0.3) is 0 Å². The molecule has 0 radical (unpaired) electrons. The molecule has 27 heavy (non-hydrogen) atoms. The number of rotatable bonds is 6. The second-order valence-corrected chi connectivity index (χ2v) is 9.24. The van der Waals surface area contributed by atoms with Gasteiger partial charge in [0.2, 0.25) is 5.13 Å². The number of benzene rings is 1. The maximum atomic E-state index is 5.53. The quantitative estimate of drug-likeness (QED) is 0.595. The van der Waals surface area contributed by atoms with E-state index in [4.69, 9.17) is 12.2 Å². The predicted octanol–water partition coefficient (Wildman–Crippen LogP) is 4.56. The first kappa shape index (κ1) is 18.8. The average molecular weight is 418 g/mol. The summed E-state index contributed by atoms with van der Waals surface area (Å²) in [5, 5.41) is 13.3. The second kappa shape index (κ2) is 8.62. The summed E-state index contributed by atoms with van der Waals surface area (Å²) in [6, 6.07) is 10.5. The summed E-state index contributed by atoms with van der Waals surface area (Å²) in [4.78, 5) is 4.94. The molecular weight excluding hydrogens is 394 g/mol. The van der Waals surface area contributed by atoms with E-state index in [-0.39, 0.29) is 0 Å². The Morgan fingerprint density at radius 1 is 1.15 bits per heavy atom. The van der Waals surface area contributed by atoms with Gasteiger partial charge in [-0.25, -0.2) is 4.68 Å². The monoisotopic (exact) mass is 417 g/mol. The van der Waals surface area contributed by atoms with Gasteiger partial charge in [0, 0.05) is 38.4 Å². The van der Waals surface area contributed by atoms with E-state index >= 15 is 0 Å². The zero-order valence-electron chi connectivity index (χ0n) is 15.3. The van der Waals surface area contributed by atoms with E-state index in [9.17, 15) is 0 Å². The number of aromatic nitrogens is 2. The molecule has 3 aromatic rings. The third-order valence-corrected chi connectivity index (χ3v) is 6.62. The minimum atomic E-state index is 0.761. The highest BCUT2D eigenvalue weighted by atomic mass is 32.1. The summed E-state index contributed by atoms with van der Waals surface area (Å²) in [6.07, 6.45) is 0. The lowest BCUT2D eigenvalue weighted by Gasteiger charge is -2.34. The molecule has 2 aromatic heterocycles. The average Bonchev–Trinajstić information content (AvgIpc) is 3.27. The van der Waals surface area contributed by atoms with Crippen molar-refractivity contribution in [2.24, 2.45) is 0 Å². The van der Waals surface area contributed by atoms with Crippen molar-refractivity contribution in [2.45, 2.75) is 20.1 Å². The molecular formula is C19H23N5S3. The van der Waals surface area contributed by atoms with Crippen LogP contribution in [0.4, 0.5) is 10.8 Å². The summed E-state index contributed by atoms with van der Waals surface area (Å²) in [5.74, 6) is 0. The number of aryl methyl sites for hydroxylation is 1. The second-order valence-electron chi connectivity index (χ2n) is 6.83. The zero-order valence-corrected chi connectivity index (χ0v) is 17.7. The highest BCUT2D eigenvalue weighted by Crippen LogP contribution is 2.21. The summed E-state index contributed by atoms with van der Waals surface area (Å²) < 4.78 is 2.75. The Kier molecular flexibility index (Phi) is 5.99. The van der Waals surface area contributed by atoms with Crippen LogP contribution in [0, 0.1) is 10.9 Å². The van der Waals surface area contributed by atoms with Gasteiger partial charge in [-0.15, -0.1) is 5.10 Å². The zero-order chi connectivity index (χ0) is 18.6. The maximum Gasteiger partial charge on any atom is 0.209 e. The molecule has 1 aliphatic heterocycles. The van der Waals surface area contributed by atoms with Gasteiger partial charge in [0.15, 0.2) is 3.95 Å². The third-order valence-electron chi connectivity index (χ3n) is 4.66. The van der Waals surface area contributed by atoms with Crippen molar-refractivity contribution in [1.29, 1.82) is 0 Å². The van der Waals surface area contributed by atoms with Crippen LogP contribution in [0.5, 0.6) is 0 Å². The molecule has 0 amide bonds. The van der Waals surface area contributed by atoms with Crippen molar-refractivity contribution in [3.63, 3.8) is 0 Å². The van der Waals surface area contributed by atoms with Crippen LogP contribution in [-0.4, -0.2) is 45.8 Å². The molecule has 4 rings (SSSR count). The van der Waals surface area contributed by atoms with E-state index < -0.39 is 0 Å². The van der Waals surface area contributed by atoms with Crippen LogP contribution < -0.4 is 5.32 Å². The van der Waals surface area contributed by atoms with Crippen molar-refractivity contribution in [1.82, 2.24) is 19.6 Å². The van der Waals surface area contributed by atoms with Crippen molar-refractivity contribution < 1.29 is 0 Å². The molecule has 1 N–H and O–H groups in total. The van der Waals surface area contributed by atoms with Crippen LogP contribution in [0.2, 0.25) is 0 Å². The van der Waals surface area contributed by atoms with Crippen molar-refractivity contribution in [2.75, 3.05) is 31.5 Å². The fourth-order valence-electron chi connectivity index (χ4n) is 3.21. The molecule has 0 atom stereocenters. The number of hydrogen-bond donors (Lipinski definition) is 1. The number of anilines is 2. The molecule has 142 valence electrons. The lowest BCUT2D eigenvalue weighted by atomic mass is 10.2. The molecule has 0 spiro atoms. The Balaban J connectivity index is 1.32. The molecule has 5 nitrogen and oxygen atoms in total. The largest absolute Gasteiger partial charge is 0.330 e. The molecule has 1 saturated heterocycles. The van der Waals surface area contributed by atoms with Gasteiger partial charge >= 0.3 is 0 Å². The molecule has 0 unspecified atom stereocenters. The Morgan fingerprint density at radius 3 is 2.70 bits per heavy atom. The Bertz CT molecular complexity index is 923. The molecule has 8 heteroatoms. The van der Waals surface area contributed by atoms with Gasteiger partial charge in [-0.2, -0.15) is 11.3 Å². The minimum absolute atomic E-state index is 0.761.